The zero-order valence-electron chi connectivity index (χ0n) is 11.9. The third kappa shape index (κ3) is 3.44. The van der Waals surface area contributed by atoms with E-state index in [0.29, 0.717) is 11.8 Å². The molecule has 1 heterocycles. The van der Waals surface area contributed by atoms with E-state index >= 15 is 0 Å². The average Bonchev–Trinajstić information content (AvgIpc) is 3.02. The normalized spacial score (nSPS) is 17.4. The second-order valence-electron chi connectivity index (χ2n) is 5.07. The number of halogens is 1. The molecule has 114 valence electrons. The molecule has 1 aromatic heterocycles. The summed E-state index contributed by atoms with van der Waals surface area (Å²) in [5.41, 5.74) is 0.810. The highest BCUT2D eigenvalue weighted by molar-refractivity contribution is 9.10. The molecule has 0 aliphatic heterocycles. The summed E-state index contributed by atoms with van der Waals surface area (Å²) in [4.78, 5) is 11.9. The summed E-state index contributed by atoms with van der Waals surface area (Å²) >= 11 is 3.44. The van der Waals surface area contributed by atoms with E-state index in [1.807, 2.05) is 30.3 Å². The number of hydrogen-bond acceptors (Lipinski definition) is 5. The number of allylic oxidation sites excluding steroid dienone is 2. The Labute approximate surface area is 136 Å². The predicted molar refractivity (Wildman–Crippen MR) is 83.7 cm³/mol. The van der Waals surface area contributed by atoms with Crippen LogP contribution in [0.2, 0.25) is 0 Å². The largest absolute Gasteiger partial charge is 0.455 e. The maximum Gasteiger partial charge on any atom is 0.309 e. The van der Waals surface area contributed by atoms with Gasteiger partial charge in [0.05, 0.1) is 11.5 Å². The fraction of sp³-hybridized carbons (Fsp3) is 0.312. The number of hydrogen-bond donors (Lipinski definition) is 0. The fourth-order valence-electron chi connectivity index (χ4n) is 2.31. The predicted octanol–water partition coefficient (Wildman–Crippen LogP) is 3.90. The molecule has 0 bridgehead atoms. The number of rotatable bonds is 4. The van der Waals surface area contributed by atoms with Gasteiger partial charge in [0, 0.05) is 4.47 Å². The second-order valence-corrected chi connectivity index (χ2v) is 5.92. The highest BCUT2D eigenvalue weighted by Crippen LogP contribution is 2.27. The molecule has 0 radical (unpaired) electrons. The summed E-state index contributed by atoms with van der Waals surface area (Å²) in [6.45, 7) is 0.0104. The maximum absolute atomic E-state index is 11.9. The number of nitrogens with zero attached hydrogens (tertiary/aromatic N) is 2. The van der Waals surface area contributed by atoms with Gasteiger partial charge in [-0.2, -0.15) is 0 Å². The molecule has 1 aliphatic carbocycles. The van der Waals surface area contributed by atoms with E-state index in [0.717, 1.165) is 29.3 Å². The van der Waals surface area contributed by atoms with E-state index < -0.39 is 0 Å². The van der Waals surface area contributed by atoms with Gasteiger partial charge in [0.15, 0.2) is 6.61 Å². The summed E-state index contributed by atoms with van der Waals surface area (Å²) in [6.07, 6.45) is 6.61. The Morgan fingerprint density at radius 3 is 2.95 bits per heavy atom. The van der Waals surface area contributed by atoms with Crippen molar-refractivity contribution in [2.24, 2.45) is 5.92 Å². The molecule has 0 amide bonds. The molecule has 2 aromatic rings. The smallest absolute Gasteiger partial charge is 0.309 e. The van der Waals surface area contributed by atoms with Crippen molar-refractivity contribution in [3.8, 4) is 11.5 Å². The second kappa shape index (κ2) is 6.87. The van der Waals surface area contributed by atoms with Gasteiger partial charge >= 0.3 is 5.97 Å². The summed E-state index contributed by atoms with van der Waals surface area (Å²) in [7, 11) is 0. The molecule has 1 aromatic carbocycles. The minimum absolute atomic E-state index is 0.0104. The summed E-state index contributed by atoms with van der Waals surface area (Å²) in [5.74, 6) is 0.435. The molecule has 1 aliphatic rings. The number of aromatic nitrogens is 2. The van der Waals surface area contributed by atoms with Crippen LogP contribution in [-0.2, 0) is 16.1 Å². The van der Waals surface area contributed by atoms with Crippen LogP contribution in [0.3, 0.4) is 0 Å². The van der Waals surface area contributed by atoms with E-state index in [1.165, 1.54) is 0 Å². The zero-order chi connectivity index (χ0) is 15.4. The van der Waals surface area contributed by atoms with E-state index in [9.17, 15) is 4.79 Å². The van der Waals surface area contributed by atoms with Gasteiger partial charge in [-0.25, -0.2) is 0 Å². The number of esters is 1. The van der Waals surface area contributed by atoms with Gasteiger partial charge in [-0.15, -0.1) is 10.2 Å². The Morgan fingerprint density at radius 1 is 1.32 bits per heavy atom. The fourth-order valence-corrected chi connectivity index (χ4v) is 2.77. The molecule has 0 spiro atoms. The van der Waals surface area contributed by atoms with Crippen molar-refractivity contribution in [1.29, 1.82) is 0 Å². The standard InChI is InChI=1S/C16H15BrN2O3/c17-13-9-5-4-8-12(13)15-19-18-14(22-15)10-21-16(20)11-6-2-1-3-7-11/h1-2,4-5,8-9,11H,3,6-7,10H2/t11-/m1/s1. The molecule has 0 saturated heterocycles. The summed E-state index contributed by atoms with van der Waals surface area (Å²) in [6, 6.07) is 7.57. The van der Waals surface area contributed by atoms with E-state index in [4.69, 9.17) is 9.15 Å². The van der Waals surface area contributed by atoms with Crippen molar-refractivity contribution in [3.05, 3.63) is 46.8 Å². The lowest BCUT2D eigenvalue weighted by atomic mass is 9.95. The minimum Gasteiger partial charge on any atom is -0.455 e. The monoisotopic (exact) mass is 362 g/mol. The van der Waals surface area contributed by atoms with Gasteiger partial charge in [-0.05, 0) is 47.3 Å². The molecule has 6 heteroatoms. The zero-order valence-corrected chi connectivity index (χ0v) is 13.5. The summed E-state index contributed by atoms with van der Waals surface area (Å²) < 4.78 is 11.7. The van der Waals surface area contributed by atoms with Crippen LogP contribution >= 0.6 is 15.9 Å². The SMILES string of the molecule is O=C(OCc1nnc(-c2ccccc2Br)o1)[C@@H]1CC=CCC1. The Morgan fingerprint density at radius 2 is 2.18 bits per heavy atom. The Bertz CT molecular complexity index is 696. The Balaban J connectivity index is 1.61. The molecule has 5 nitrogen and oxygen atoms in total. The first kappa shape index (κ1) is 15.0. The molecular weight excluding hydrogens is 348 g/mol. The van der Waals surface area contributed by atoms with Crippen molar-refractivity contribution in [2.45, 2.75) is 25.9 Å². The van der Waals surface area contributed by atoms with Crippen LogP contribution in [0, 0.1) is 5.92 Å². The minimum atomic E-state index is -0.204. The van der Waals surface area contributed by atoms with Crippen LogP contribution in [0.5, 0.6) is 0 Å². The topological polar surface area (TPSA) is 65.2 Å². The molecule has 22 heavy (non-hydrogen) atoms. The summed E-state index contributed by atoms with van der Waals surface area (Å²) in [5, 5.41) is 7.91. The maximum atomic E-state index is 11.9. The van der Waals surface area contributed by atoms with Gasteiger partial charge in [0.25, 0.3) is 5.89 Å². The molecule has 0 saturated carbocycles. The van der Waals surface area contributed by atoms with Crippen molar-refractivity contribution < 1.29 is 13.9 Å². The van der Waals surface area contributed by atoms with Crippen molar-refractivity contribution >= 4 is 21.9 Å². The molecule has 0 fully saturated rings. The molecule has 0 N–H and O–H groups in total. The average molecular weight is 363 g/mol. The lowest BCUT2D eigenvalue weighted by molar-refractivity contribution is -0.150. The highest BCUT2D eigenvalue weighted by atomic mass is 79.9. The van der Waals surface area contributed by atoms with Crippen LogP contribution < -0.4 is 0 Å². The van der Waals surface area contributed by atoms with Crippen LogP contribution in [-0.4, -0.2) is 16.2 Å². The Hall–Kier alpha value is -1.95. The third-order valence-corrected chi connectivity index (χ3v) is 4.20. The molecule has 3 rings (SSSR count). The molecular formula is C16H15BrN2O3. The van der Waals surface area contributed by atoms with Crippen LogP contribution in [0.15, 0.2) is 45.3 Å². The molecule has 0 unspecified atom stereocenters. The van der Waals surface area contributed by atoms with Gasteiger partial charge in [-0.1, -0.05) is 24.3 Å². The van der Waals surface area contributed by atoms with Crippen molar-refractivity contribution in [1.82, 2.24) is 10.2 Å². The van der Waals surface area contributed by atoms with Crippen molar-refractivity contribution in [2.75, 3.05) is 0 Å². The van der Waals surface area contributed by atoms with E-state index in [-0.39, 0.29) is 18.5 Å². The Kier molecular flexibility index (Phi) is 4.68. The van der Waals surface area contributed by atoms with Crippen LogP contribution in [0.4, 0.5) is 0 Å². The van der Waals surface area contributed by atoms with Gasteiger partial charge in [0.2, 0.25) is 5.89 Å². The highest BCUT2D eigenvalue weighted by Gasteiger charge is 2.21. The molecule has 1 atom stereocenters. The van der Waals surface area contributed by atoms with Gasteiger partial charge < -0.3 is 9.15 Å². The van der Waals surface area contributed by atoms with Gasteiger partial charge in [0.1, 0.15) is 0 Å². The number of carbonyl (C=O) groups is 1. The van der Waals surface area contributed by atoms with E-state index in [2.05, 4.69) is 32.2 Å². The van der Waals surface area contributed by atoms with Gasteiger partial charge in [-0.3, -0.25) is 4.79 Å². The lowest BCUT2D eigenvalue weighted by Crippen LogP contribution is -2.18. The van der Waals surface area contributed by atoms with E-state index in [1.54, 1.807) is 0 Å². The van der Waals surface area contributed by atoms with Crippen LogP contribution in [0.25, 0.3) is 11.5 Å². The first-order chi connectivity index (χ1) is 10.7. The van der Waals surface area contributed by atoms with Crippen LogP contribution in [0.1, 0.15) is 25.2 Å². The lowest BCUT2D eigenvalue weighted by Gasteiger charge is -2.15. The first-order valence-corrected chi connectivity index (χ1v) is 7.92. The number of carbonyl (C=O) groups excluding carboxylic acids is 1. The quantitative estimate of drug-likeness (QED) is 0.609. The number of benzene rings is 1. The first-order valence-electron chi connectivity index (χ1n) is 7.13. The van der Waals surface area contributed by atoms with Crippen molar-refractivity contribution in [3.63, 3.8) is 0 Å². The number of ether oxygens (including phenoxy) is 1. The third-order valence-electron chi connectivity index (χ3n) is 3.51.